The summed E-state index contributed by atoms with van der Waals surface area (Å²) >= 11 is 1.36. The number of halogens is 1. The van der Waals surface area contributed by atoms with Crippen molar-refractivity contribution in [1.82, 2.24) is 4.98 Å². The fourth-order valence-corrected chi connectivity index (χ4v) is 3.19. The molecular weight excluding hydrogens is 397 g/mol. The zero-order valence-electron chi connectivity index (χ0n) is 16.1. The molecule has 0 aliphatic heterocycles. The number of benzene rings is 1. The molecule has 0 bridgehead atoms. The number of nitrogens with zero attached hydrogens (tertiary/aromatic N) is 1. The van der Waals surface area contributed by atoms with Crippen molar-refractivity contribution in [2.24, 2.45) is 0 Å². The number of aromatic nitrogens is 1. The molecule has 0 saturated heterocycles. The van der Waals surface area contributed by atoms with Gasteiger partial charge in [-0.1, -0.05) is 0 Å². The summed E-state index contributed by atoms with van der Waals surface area (Å²) in [5.41, 5.74) is 0.215. The third-order valence-electron chi connectivity index (χ3n) is 3.52. The number of hydrogen-bond donors (Lipinski definition) is 2. The number of carbonyl (C=O) groups is 2. The van der Waals surface area contributed by atoms with Crippen molar-refractivity contribution >= 4 is 34.7 Å². The number of nitrogens with one attached hydrogen (secondary N) is 2. The molecule has 0 spiro atoms. The summed E-state index contributed by atoms with van der Waals surface area (Å²) in [4.78, 5) is 28.8. The molecule has 29 heavy (non-hydrogen) atoms. The molecule has 0 fully saturated rings. The van der Waals surface area contributed by atoms with Crippen LogP contribution in [0.4, 0.5) is 20.6 Å². The molecular formula is C20H20FN3O4S. The lowest BCUT2D eigenvalue weighted by molar-refractivity contribution is -0.115. The molecule has 0 radical (unpaired) electrons. The predicted octanol–water partition coefficient (Wildman–Crippen LogP) is 5.07. The Morgan fingerprint density at radius 2 is 2.00 bits per heavy atom. The smallest absolute Gasteiger partial charge is 0.412 e. The van der Waals surface area contributed by atoms with Crippen LogP contribution in [0.5, 0.6) is 0 Å². The maximum atomic E-state index is 13.7. The Kier molecular flexibility index (Phi) is 5.97. The molecule has 2 amide bonds. The van der Waals surface area contributed by atoms with Crippen LogP contribution in [-0.2, 0) is 16.0 Å². The van der Waals surface area contributed by atoms with Gasteiger partial charge in [0.1, 0.15) is 11.4 Å². The Bertz CT molecular complexity index is 1010. The minimum atomic E-state index is -0.706. The molecule has 3 rings (SSSR count). The summed E-state index contributed by atoms with van der Waals surface area (Å²) in [5, 5.41) is 7.54. The van der Waals surface area contributed by atoms with Gasteiger partial charge in [0.05, 0.1) is 29.8 Å². The molecule has 0 aliphatic carbocycles. The third-order valence-corrected chi connectivity index (χ3v) is 4.42. The predicted molar refractivity (Wildman–Crippen MR) is 108 cm³/mol. The van der Waals surface area contributed by atoms with Crippen molar-refractivity contribution in [3.63, 3.8) is 0 Å². The van der Waals surface area contributed by atoms with Gasteiger partial charge in [0.2, 0.25) is 5.91 Å². The number of carbonyl (C=O) groups excluding carboxylic acids is 2. The van der Waals surface area contributed by atoms with Crippen LogP contribution in [0.2, 0.25) is 0 Å². The van der Waals surface area contributed by atoms with Crippen molar-refractivity contribution < 1.29 is 23.1 Å². The molecule has 0 aliphatic rings. The highest BCUT2D eigenvalue weighted by Gasteiger charge is 2.18. The summed E-state index contributed by atoms with van der Waals surface area (Å²) in [6, 6.07) is 7.20. The molecule has 0 unspecified atom stereocenters. The number of furan rings is 1. The molecule has 3 aromatic rings. The lowest BCUT2D eigenvalue weighted by Gasteiger charge is -2.20. The van der Waals surface area contributed by atoms with Gasteiger partial charge in [-0.2, -0.15) is 0 Å². The fraction of sp³-hybridized carbons (Fsp3) is 0.250. The quantitative estimate of drug-likeness (QED) is 0.604. The van der Waals surface area contributed by atoms with Gasteiger partial charge in [-0.3, -0.25) is 10.1 Å². The molecule has 1 aromatic carbocycles. The summed E-state index contributed by atoms with van der Waals surface area (Å²) < 4.78 is 24.2. The van der Waals surface area contributed by atoms with Crippen molar-refractivity contribution in [2.75, 3.05) is 10.6 Å². The first-order chi connectivity index (χ1) is 13.7. The average molecular weight is 417 g/mol. The van der Waals surface area contributed by atoms with E-state index in [9.17, 15) is 14.0 Å². The second-order valence-corrected chi connectivity index (χ2v) is 8.02. The van der Waals surface area contributed by atoms with E-state index in [1.807, 2.05) is 0 Å². The van der Waals surface area contributed by atoms with Gasteiger partial charge in [-0.05, 0) is 51.1 Å². The highest BCUT2D eigenvalue weighted by Crippen LogP contribution is 2.26. The number of thiazole rings is 1. The van der Waals surface area contributed by atoms with Gasteiger partial charge in [0, 0.05) is 5.38 Å². The second kappa shape index (κ2) is 8.44. The van der Waals surface area contributed by atoms with Crippen LogP contribution in [0.25, 0.3) is 10.8 Å². The van der Waals surface area contributed by atoms with Crippen molar-refractivity contribution in [3.8, 4) is 10.8 Å². The van der Waals surface area contributed by atoms with Crippen LogP contribution in [0.3, 0.4) is 0 Å². The van der Waals surface area contributed by atoms with Crippen LogP contribution < -0.4 is 10.6 Å². The van der Waals surface area contributed by atoms with Gasteiger partial charge in [0.25, 0.3) is 0 Å². The standard InChI is InChI=1S/C20H20FN3O4S/c1-20(2,3)28-19(26)24-14-7-6-12(21)9-15(14)23-17(25)10-13-11-29-18(22-13)16-5-4-8-27-16/h4-9,11H,10H2,1-3H3,(H,23,25)(H,24,26). The number of ether oxygens (including phenoxy) is 1. The highest BCUT2D eigenvalue weighted by atomic mass is 32.1. The Morgan fingerprint density at radius 1 is 1.21 bits per heavy atom. The SMILES string of the molecule is CC(C)(C)OC(=O)Nc1ccc(F)cc1NC(=O)Cc1csc(-c2ccco2)n1. The van der Waals surface area contributed by atoms with Gasteiger partial charge in [-0.25, -0.2) is 14.2 Å². The lowest BCUT2D eigenvalue weighted by atomic mass is 10.2. The lowest BCUT2D eigenvalue weighted by Crippen LogP contribution is -2.27. The fourth-order valence-electron chi connectivity index (χ4n) is 2.40. The minimum absolute atomic E-state index is 0.0143. The Morgan fingerprint density at radius 3 is 2.69 bits per heavy atom. The Labute approximate surface area is 170 Å². The molecule has 152 valence electrons. The van der Waals surface area contributed by atoms with E-state index in [1.54, 1.807) is 44.5 Å². The van der Waals surface area contributed by atoms with Crippen LogP contribution >= 0.6 is 11.3 Å². The minimum Gasteiger partial charge on any atom is -0.462 e. The number of rotatable bonds is 5. The van der Waals surface area contributed by atoms with E-state index < -0.39 is 23.4 Å². The van der Waals surface area contributed by atoms with E-state index in [1.165, 1.54) is 23.5 Å². The summed E-state index contributed by atoms with van der Waals surface area (Å²) in [6.07, 6.45) is 0.827. The molecule has 2 aromatic heterocycles. The number of hydrogen-bond acceptors (Lipinski definition) is 6. The maximum absolute atomic E-state index is 13.7. The van der Waals surface area contributed by atoms with Gasteiger partial charge in [0.15, 0.2) is 10.8 Å². The van der Waals surface area contributed by atoms with Crippen LogP contribution in [-0.4, -0.2) is 22.6 Å². The van der Waals surface area contributed by atoms with E-state index >= 15 is 0 Å². The first-order valence-corrected chi connectivity index (χ1v) is 9.65. The normalized spacial score (nSPS) is 11.2. The molecule has 0 atom stereocenters. The van der Waals surface area contributed by atoms with E-state index in [0.29, 0.717) is 16.5 Å². The van der Waals surface area contributed by atoms with Crippen LogP contribution in [0, 0.1) is 5.82 Å². The van der Waals surface area contributed by atoms with Crippen LogP contribution in [0.15, 0.2) is 46.4 Å². The monoisotopic (exact) mass is 417 g/mol. The van der Waals surface area contributed by atoms with E-state index in [-0.39, 0.29) is 17.8 Å². The average Bonchev–Trinajstić information content (AvgIpc) is 3.27. The third kappa shape index (κ3) is 5.89. The number of anilines is 2. The van der Waals surface area contributed by atoms with E-state index in [2.05, 4.69) is 15.6 Å². The van der Waals surface area contributed by atoms with E-state index in [4.69, 9.17) is 9.15 Å². The zero-order chi connectivity index (χ0) is 21.0. The topological polar surface area (TPSA) is 93.5 Å². The molecule has 7 nitrogen and oxygen atoms in total. The molecule has 2 heterocycles. The zero-order valence-corrected chi connectivity index (χ0v) is 16.9. The second-order valence-electron chi connectivity index (χ2n) is 7.16. The maximum Gasteiger partial charge on any atom is 0.412 e. The van der Waals surface area contributed by atoms with Gasteiger partial charge in [-0.15, -0.1) is 11.3 Å². The van der Waals surface area contributed by atoms with Gasteiger partial charge >= 0.3 is 6.09 Å². The summed E-state index contributed by atoms with van der Waals surface area (Å²) in [6.45, 7) is 5.18. The molecule has 0 saturated carbocycles. The first-order valence-electron chi connectivity index (χ1n) is 8.77. The largest absolute Gasteiger partial charge is 0.462 e. The Hall–Kier alpha value is -3.20. The Balaban J connectivity index is 1.68. The first kappa shape index (κ1) is 20.5. The van der Waals surface area contributed by atoms with Crippen molar-refractivity contribution in [2.45, 2.75) is 32.8 Å². The van der Waals surface area contributed by atoms with Gasteiger partial charge < -0.3 is 14.5 Å². The van der Waals surface area contributed by atoms with Crippen molar-refractivity contribution in [1.29, 1.82) is 0 Å². The molecule has 9 heteroatoms. The summed E-state index contributed by atoms with van der Waals surface area (Å²) in [5.74, 6) is -0.335. The van der Waals surface area contributed by atoms with E-state index in [0.717, 1.165) is 6.07 Å². The summed E-state index contributed by atoms with van der Waals surface area (Å²) in [7, 11) is 0. The number of amides is 2. The van der Waals surface area contributed by atoms with Crippen LogP contribution in [0.1, 0.15) is 26.5 Å². The molecule has 2 N–H and O–H groups in total. The van der Waals surface area contributed by atoms with Crippen molar-refractivity contribution in [3.05, 3.63) is 53.5 Å². The highest BCUT2D eigenvalue weighted by molar-refractivity contribution is 7.13.